The van der Waals surface area contributed by atoms with Crippen molar-refractivity contribution < 1.29 is 98.7 Å². The summed E-state index contributed by atoms with van der Waals surface area (Å²) in [4.78, 5) is 51.0. The molecule has 4 heterocycles. The molecule has 0 aromatic rings. The Balaban J connectivity index is 1.57. The van der Waals surface area contributed by atoms with E-state index in [4.69, 9.17) is 34.2 Å². The number of carboxylic acids is 1. The van der Waals surface area contributed by atoms with Crippen LogP contribution in [0.25, 0.3) is 0 Å². The molecule has 2 bridgehead atoms. The van der Waals surface area contributed by atoms with Crippen molar-refractivity contribution in [2.75, 3.05) is 0 Å². The maximum Gasteiger partial charge on any atom is 0.311 e. The molecule has 12 N–H and O–H groups in total. The highest BCUT2D eigenvalue weighted by molar-refractivity contribution is 5.84. The first-order valence-electron chi connectivity index (χ1n) is 25.3. The molecule has 21 heteroatoms. The van der Waals surface area contributed by atoms with Gasteiger partial charge in [0.15, 0.2) is 24.2 Å². The first kappa shape index (κ1) is 62.4. The van der Waals surface area contributed by atoms with Crippen molar-refractivity contribution in [1.29, 1.82) is 0 Å². The summed E-state index contributed by atoms with van der Waals surface area (Å²) >= 11 is 0. The van der Waals surface area contributed by atoms with E-state index in [0.29, 0.717) is 0 Å². The number of nitrogens with two attached hydrogens (primary N) is 1. The number of ketones is 2. The lowest BCUT2D eigenvalue weighted by Crippen LogP contribution is -2.61. The fraction of sp³-hybridized carbons (Fsp3) is 0.660. The molecule has 0 aliphatic carbocycles. The Morgan fingerprint density at radius 3 is 1.82 bits per heavy atom. The fourth-order valence-electron chi connectivity index (χ4n) is 9.22. The standard InChI is InChI=1S/C53H79NO20/c1-29-18-16-14-12-10-8-6-7-9-11-13-15-17-19-37(72-52-49(65)46(54)48(64)33(5)71-52)25-42-45(51(66)67)41(61)28-53(68,74-42)27-40(60)38(58)21-20-34(55)22-35(56)23-36(57)24-43(62)69-31(3)30(2)50(29)73-44-26-39(59)47(63)32(4)70-44/h6-19,29-33,35-38,40-42,44-50,52,56-58,60-61,63-65,68H,20-28,54H2,1-5H3,(H,66,67)/b7-6+,10-8+,11-9+,14-12+,15-13+,18-16+,19-17+/t29?,30?,31?,32-,33+,35?,36?,37?,38?,40?,41?,42?,44?,45?,46-,47-,48+,49+,50?,52?,53?/m0/s1. The lowest BCUT2D eigenvalue weighted by Gasteiger charge is -2.45. The number of carbonyl (C=O) groups is 4. The Morgan fingerprint density at radius 1 is 0.662 bits per heavy atom. The normalized spacial score (nSPS) is 44.7. The van der Waals surface area contributed by atoms with E-state index in [0.717, 1.165) is 0 Å². The van der Waals surface area contributed by atoms with E-state index in [2.05, 4.69) is 0 Å². The molecule has 3 fully saturated rings. The monoisotopic (exact) mass is 1050 g/mol. The van der Waals surface area contributed by atoms with E-state index < -0.39 is 171 Å². The summed E-state index contributed by atoms with van der Waals surface area (Å²) < 4.78 is 35.5. The molecule has 3 saturated heterocycles. The zero-order chi connectivity index (χ0) is 54.9. The summed E-state index contributed by atoms with van der Waals surface area (Å²) in [5.74, 6) is -8.10. The summed E-state index contributed by atoms with van der Waals surface area (Å²) in [6.45, 7) is 8.40. The van der Waals surface area contributed by atoms with E-state index in [1.807, 2.05) is 13.0 Å². The van der Waals surface area contributed by atoms with Gasteiger partial charge in [-0.3, -0.25) is 19.2 Å². The smallest absolute Gasteiger partial charge is 0.311 e. The van der Waals surface area contributed by atoms with Crippen LogP contribution >= 0.6 is 0 Å². The Labute approximate surface area is 431 Å². The van der Waals surface area contributed by atoms with Crippen molar-refractivity contribution in [2.24, 2.45) is 23.5 Å². The number of carboxylic acid groups (broad SMARTS) is 1. The van der Waals surface area contributed by atoms with Crippen LogP contribution in [0, 0.1) is 17.8 Å². The van der Waals surface area contributed by atoms with Crippen molar-refractivity contribution in [1.82, 2.24) is 0 Å². The lowest BCUT2D eigenvalue weighted by molar-refractivity contribution is -0.310. The predicted molar refractivity (Wildman–Crippen MR) is 265 cm³/mol. The number of esters is 1. The minimum absolute atomic E-state index is 0.189. The molecular weight excluding hydrogens is 971 g/mol. The highest BCUT2D eigenvalue weighted by Crippen LogP contribution is 2.38. The van der Waals surface area contributed by atoms with Gasteiger partial charge in [0.05, 0.1) is 86.0 Å². The number of hydrogen-bond donors (Lipinski definition) is 11. The zero-order valence-electron chi connectivity index (χ0n) is 42.6. The average Bonchev–Trinajstić information content (AvgIpc) is 3.31. The number of fused-ring (bicyclic) bond motifs is 2. The molecule has 4 aliphatic rings. The maximum atomic E-state index is 13.1. The molecule has 4 rings (SSSR count). The van der Waals surface area contributed by atoms with Crippen molar-refractivity contribution in [3.63, 3.8) is 0 Å². The molecule has 0 aromatic heterocycles. The van der Waals surface area contributed by atoms with Crippen LogP contribution in [0.4, 0.5) is 0 Å². The third-order valence-corrected chi connectivity index (χ3v) is 13.6. The van der Waals surface area contributed by atoms with Crippen LogP contribution in [-0.4, -0.2) is 184 Å². The van der Waals surface area contributed by atoms with Gasteiger partial charge < -0.3 is 85.2 Å². The first-order chi connectivity index (χ1) is 34.9. The third-order valence-electron chi connectivity index (χ3n) is 13.6. The molecule has 0 aromatic carbocycles. The summed E-state index contributed by atoms with van der Waals surface area (Å²) in [7, 11) is 0. The molecule has 0 saturated carbocycles. The molecule has 416 valence electrons. The minimum Gasteiger partial charge on any atom is -0.481 e. The highest BCUT2D eigenvalue weighted by atomic mass is 16.7. The van der Waals surface area contributed by atoms with Crippen molar-refractivity contribution >= 4 is 23.5 Å². The molecule has 0 amide bonds. The van der Waals surface area contributed by atoms with E-state index in [1.165, 1.54) is 13.0 Å². The number of aliphatic hydroxyl groups is 9. The van der Waals surface area contributed by atoms with Crippen molar-refractivity contribution in [3.8, 4) is 0 Å². The summed E-state index contributed by atoms with van der Waals surface area (Å²) in [6, 6.07) is -1.17. The highest BCUT2D eigenvalue weighted by Gasteiger charge is 2.51. The summed E-state index contributed by atoms with van der Waals surface area (Å²) in [5.41, 5.74) is 6.03. The Morgan fingerprint density at radius 2 is 1.23 bits per heavy atom. The quantitative estimate of drug-likeness (QED) is 0.171. The number of rotatable bonds is 5. The lowest BCUT2D eigenvalue weighted by atomic mass is 9.82. The third kappa shape index (κ3) is 19.5. The van der Waals surface area contributed by atoms with E-state index in [9.17, 15) is 70.2 Å². The second-order valence-electron chi connectivity index (χ2n) is 19.9. The summed E-state index contributed by atoms with van der Waals surface area (Å²) in [6.07, 6.45) is 0.00932. The number of hydrogen-bond acceptors (Lipinski definition) is 20. The molecule has 74 heavy (non-hydrogen) atoms. The molecule has 0 spiro atoms. The SMILES string of the molecule is CC1/C=C/C=C/C=C/C=C/C=C/C=C/C=C/C(OC2O[C@H](C)[C@@H](O)[C@H](N)[C@H]2O)CC2OC(O)(CC(O)C(O)CCC(=O)CC(O)CC(O)CC(=O)OC(C)C(C)C1OC1CC(=O)[C@@H](O)[C@H](C)O1)CC(O)C2C(=O)O. The topological polar surface area (TPSA) is 352 Å². The summed E-state index contributed by atoms with van der Waals surface area (Å²) in [5, 5.41) is 107. The van der Waals surface area contributed by atoms with Gasteiger partial charge in [-0.05, 0) is 27.2 Å². The molecule has 4 aliphatic heterocycles. The Bertz CT molecular complexity index is 2020. The Kier molecular flexibility index (Phi) is 25.3. The maximum absolute atomic E-state index is 13.1. The number of ether oxygens (including phenoxy) is 6. The average molecular weight is 1050 g/mol. The second-order valence-corrected chi connectivity index (χ2v) is 19.9. The zero-order valence-corrected chi connectivity index (χ0v) is 42.6. The van der Waals surface area contributed by atoms with E-state index in [1.54, 1.807) is 93.7 Å². The van der Waals surface area contributed by atoms with E-state index >= 15 is 0 Å². The second kappa shape index (κ2) is 30.0. The van der Waals surface area contributed by atoms with Gasteiger partial charge in [0.1, 0.15) is 30.0 Å². The van der Waals surface area contributed by atoms with Gasteiger partial charge >= 0.3 is 11.9 Å². The van der Waals surface area contributed by atoms with Gasteiger partial charge in [-0.2, -0.15) is 0 Å². The Hall–Kier alpha value is -4.14. The molecule has 0 radical (unpaired) electrons. The molecular formula is C53H79NO20. The van der Waals surface area contributed by atoms with Gasteiger partial charge in [0, 0.05) is 50.4 Å². The van der Waals surface area contributed by atoms with Crippen LogP contribution in [0.5, 0.6) is 0 Å². The van der Waals surface area contributed by atoms with Gasteiger partial charge in [-0.1, -0.05) is 98.9 Å². The van der Waals surface area contributed by atoms with Crippen molar-refractivity contribution in [2.45, 2.75) is 202 Å². The number of carbonyl (C=O) groups excluding carboxylic acids is 3. The number of cyclic esters (lactones) is 1. The molecule has 21 atom stereocenters. The molecule has 15 unspecified atom stereocenters. The van der Waals surface area contributed by atoms with E-state index in [-0.39, 0.29) is 38.0 Å². The number of aliphatic hydroxyl groups excluding tert-OH is 8. The van der Waals surface area contributed by atoms with Gasteiger partial charge in [0.25, 0.3) is 0 Å². The van der Waals surface area contributed by atoms with Crippen LogP contribution in [0.2, 0.25) is 0 Å². The first-order valence-corrected chi connectivity index (χ1v) is 25.3. The number of aliphatic carboxylic acids is 1. The van der Waals surface area contributed by atoms with Gasteiger partial charge in [-0.25, -0.2) is 0 Å². The minimum atomic E-state index is -2.40. The van der Waals surface area contributed by atoms with Gasteiger partial charge in [0.2, 0.25) is 0 Å². The van der Waals surface area contributed by atoms with Gasteiger partial charge in [-0.15, -0.1) is 0 Å². The molecule has 21 nitrogen and oxygen atoms in total. The van der Waals surface area contributed by atoms with Crippen LogP contribution in [0.15, 0.2) is 85.1 Å². The fourth-order valence-corrected chi connectivity index (χ4v) is 9.22. The van der Waals surface area contributed by atoms with Crippen LogP contribution in [0.3, 0.4) is 0 Å². The van der Waals surface area contributed by atoms with Crippen LogP contribution < -0.4 is 5.73 Å². The van der Waals surface area contributed by atoms with Crippen molar-refractivity contribution in [3.05, 3.63) is 85.1 Å². The van der Waals surface area contributed by atoms with Crippen LogP contribution in [0.1, 0.15) is 92.4 Å². The predicted octanol–water partition coefficient (Wildman–Crippen LogP) is 1.01. The number of Topliss-reactive ketones (excluding diaryl/α,β-unsaturated/α-hetero) is 2. The van der Waals surface area contributed by atoms with Crippen LogP contribution in [-0.2, 0) is 47.6 Å². The number of allylic oxidation sites excluding steroid dienone is 12. The largest absolute Gasteiger partial charge is 0.481 e.